The van der Waals surface area contributed by atoms with Crippen LogP contribution in [0.2, 0.25) is 0 Å². The number of rotatable bonds is 7. The molecule has 1 amide bonds. The van der Waals surface area contributed by atoms with Crippen molar-refractivity contribution in [2.24, 2.45) is 11.8 Å². The van der Waals surface area contributed by atoms with Crippen LogP contribution in [0.15, 0.2) is 30.4 Å². The zero-order chi connectivity index (χ0) is 17.5. The lowest BCUT2D eigenvalue weighted by Crippen LogP contribution is -2.39. The summed E-state index contributed by atoms with van der Waals surface area (Å²) >= 11 is 0. The second-order valence-corrected chi connectivity index (χ2v) is 5.72. The molecule has 6 nitrogen and oxygen atoms in total. The van der Waals surface area contributed by atoms with Gasteiger partial charge in [0.2, 0.25) is 5.91 Å². The van der Waals surface area contributed by atoms with E-state index in [1.54, 1.807) is 14.2 Å². The van der Waals surface area contributed by atoms with Crippen molar-refractivity contribution in [1.29, 1.82) is 0 Å². The molecule has 130 valence electrons. The highest BCUT2D eigenvalue weighted by atomic mass is 16.5. The van der Waals surface area contributed by atoms with Gasteiger partial charge in [-0.1, -0.05) is 18.2 Å². The van der Waals surface area contributed by atoms with Crippen LogP contribution in [-0.4, -0.2) is 37.7 Å². The van der Waals surface area contributed by atoms with Gasteiger partial charge in [0.15, 0.2) is 11.5 Å². The van der Waals surface area contributed by atoms with Gasteiger partial charge in [-0.05, 0) is 37.0 Å². The zero-order valence-corrected chi connectivity index (χ0v) is 14.0. The van der Waals surface area contributed by atoms with Crippen molar-refractivity contribution < 1.29 is 24.2 Å². The molecule has 24 heavy (non-hydrogen) atoms. The third kappa shape index (κ3) is 4.28. The van der Waals surface area contributed by atoms with Crippen molar-refractivity contribution in [3.8, 4) is 11.5 Å². The minimum Gasteiger partial charge on any atom is -0.493 e. The molecule has 0 heterocycles. The molecular weight excluding hydrogens is 310 g/mol. The summed E-state index contributed by atoms with van der Waals surface area (Å²) in [6, 6.07) is 5.60. The summed E-state index contributed by atoms with van der Waals surface area (Å²) in [4.78, 5) is 23.5. The van der Waals surface area contributed by atoms with Gasteiger partial charge in [0.1, 0.15) is 0 Å². The van der Waals surface area contributed by atoms with Gasteiger partial charge in [-0.3, -0.25) is 9.59 Å². The molecule has 0 aliphatic heterocycles. The summed E-state index contributed by atoms with van der Waals surface area (Å²) in [5, 5.41) is 12.1. The SMILES string of the molecule is COc1ccc(CCNC(=O)[C@@H]2CC=CC[C@@H]2C(=O)O)cc1OC. The summed E-state index contributed by atoms with van der Waals surface area (Å²) in [6.45, 7) is 0.445. The fraction of sp³-hybridized carbons (Fsp3) is 0.444. The van der Waals surface area contributed by atoms with Gasteiger partial charge >= 0.3 is 5.97 Å². The van der Waals surface area contributed by atoms with Gasteiger partial charge in [-0.2, -0.15) is 0 Å². The molecule has 1 aliphatic rings. The number of nitrogens with one attached hydrogen (secondary N) is 1. The predicted molar refractivity (Wildman–Crippen MR) is 89.2 cm³/mol. The van der Waals surface area contributed by atoms with Gasteiger partial charge < -0.3 is 19.9 Å². The number of hydrogen-bond acceptors (Lipinski definition) is 4. The number of ether oxygens (including phenoxy) is 2. The van der Waals surface area contributed by atoms with Crippen molar-refractivity contribution in [3.63, 3.8) is 0 Å². The highest BCUT2D eigenvalue weighted by Crippen LogP contribution is 2.28. The number of carboxylic acids is 1. The molecule has 0 spiro atoms. The van der Waals surface area contributed by atoms with Crippen molar-refractivity contribution in [2.45, 2.75) is 19.3 Å². The Kier molecular flexibility index (Phi) is 6.23. The van der Waals surface area contributed by atoms with Gasteiger partial charge in [0.05, 0.1) is 26.1 Å². The first-order chi connectivity index (χ1) is 11.6. The van der Waals surface area contributed by atoms with Crippen LogP contribution in [0, 0.1) is 11.8 Å². The van der Waals surface area contributed by atoms with Crippen molar-refractivity contribution in [1.82, 2.24) is 5.32 Å². The van der Waals surface area contributed by atoms with E-state index in [-0.39, 0.29) is 5.91 Å². The fourth-order valence-corrected chi connectivity index (χ4v) is 2.87. The molecule has 1 aromatic rings. The number of methoxy groups -OCH3 is 2. The largest absolute Gasteiger partial charge is 0.493 e. The normalized spacial score (nSPS) is 19.6. The highest BCUT2D eigenvalue weighted by molar-refractivity contribution is 5.85. The first-order valence-electron chi connectivity index (χ1n) is 7.93. The lowest BCUT2D eigenvalue weighted by molar-refractivity contribution is -0.147. The van der Waals surface area contributed by atoms with E-state index < -0.39 is 17.8 Å². The molecule has 0 saturated carbocycles. The predicted octanol–water partition coefficient (Wildman–Crippen LogP) is 2.03. The van der Waals surface area contributed by atoms with Crippen LogP contribution in [0.1, 0.15) is 18.4 Å². The maximum atomic E-state index is 12.3. The van der Waals surface area contributed by atoms with Gasteiger partial charge in [0.25, 0.3) is 0 Å². The Morgan fingerprint density at radius 2 is 1.79 bits per heavy atom. The molecule has 1 aromatic carbocycles. The number of aliphatic carboxylic acids is 1. The summed E-state index contributed by atoms with van der Waals surface area (Å²) < 4.78 is 10.4. The van der Waals surface area contributed by atoms with E-state index in [1.807, 2.05) is 30.4 Å². The number of hydrogen-bond donors (Lipinski definition) is 2. The Morgan fingerprint density at radius 3 is 2.42 bits per heavy atom. The number of carboxylic acid groups (broad SMARTS) is 1. The first-order valence-corrected chi connectivity index (χ1v) is 7.93. The Morgan fingerprint density at radius 1 is 1.12 bits per heavy atom. The molecular formula is C18H23NO5. The van der Waals surface area contributed by atoms with Gasteiger partial charge in [-0.15, -0.1) is 0 Å². The fourth-order valence-electron chi connectivity index (χ4n) is 2.87. The highest BCUT2D eigenvalue weighted by Gasteiger charge is 2.33. The second-order valence-electron chi connectivity index (χ2n) is 5.72. The molecule has 6 heteroatoms. The molecule has 0 aromatic heterocycles. The number of carbonyl (C=O) groups is 2. The van der Waals surface area contributed by atoms with Crippen molar-refractivity contribution in [2.75, 3.05) is 20.8 Å². The van der Waals surface area contributed by atoms with Gasteiger partial charge in [-0.25, -0.2) is 0 Å². The minimum absolute atomic E-state index is 0.202. The quantitative estimate of drug-likeness (QED) is 0.746. The number of benzene rings is 1. The zero-order valence-electron chi connectivity index (χ0n) is 14.0. The average molecular weight is 333 g/mol. The van der Waals surface area contributed by atoms with Crippen LogP contribution in [-0.2, 0) is 16.0 Å². The second kappa shape index (κ2) is 8.38. The molecule has 0 bridgehead atoms. The Labute approximate surface area is 141 Å². The lowest BCUT2D eigenvalue weighted by Gasteiger charge is -2.24. The molecule has 2 N–H and O–H groups in total. The summed E-state index contributed by atoms with van der Waals surface area (Å²) in [7, 11) is 3.15. The summed E-state index contributed by atoms with van der Waals surface area (Å²) in [6.07, 6.45) is 5.21. The number of carbonyl (C=O) groups excluding carboxylic acids is 1. The summed E-state index contributed by atoms with van der Waals surface area (Å²) in [5.41, 5.74) is 1.01. The van der Waals surface area contributed by atoms with E-state index in [2.05, 4.69) is 5.32 Å². The topological polar surface area (TPSA) is 84.9 Å². The Balaban J connectivity index is 1.90. The first kappa shape index (κ1) is 17.8. The van der Waals surface area contributed by atoms with E-state index in [1.165, 1.54) is 0 Å². The number of amides is 1. The van der Waals surface area contributed by atoms with E-state index in [4.69, 9.17) is 9.47 Å². The van der Waals surface area contributed by atoms with E-state index >= 15 is 0 Å². The summed E-state index contributed by atoms with van der Waals surface area (Å²) in [5.74, 6) is -0.964. The minimum atomic E-state index is -0.917. The smallest absolute Gasteiger partial charge is 0.307 e. The van der Waals surface area contributed by atoms with Crippen LogP contribution < -0.4 is 14.8 Å². The average Bonchev–Trinajstić information content (AvgIpc) is 2.61. The van der Waals surface area contributed by atoms with E-state index in [0.717, 1.165) is 5.56 Å². The molecule has 0 saturated heterocycles. The third-order valence-electron chi connectivity index (χ3n) is 4.25. The Bertz CT molecular complexity index is 626. The van der Waals surface area contributed by atoms with Crippen LogP contribution in [0.3, 0.4) is 0 Å². The lowest BCUT2D eigenvalue weighted by atomic mass is 9.82. The molecule has 1 aliphatic carbocycles. The van der Waals surface area contributed by atoms with E-state index in [9.17, 15) is 14.7 Å². The van der Waals surface area contributed by atoms with Crippen LogP contribution >= 0.6 is 0 Å². The maximum absolute atomic E-state index is 12.3. The molecule has 0 radical (unpaired) electrons. The Hall–Kier alpha value is -2.50. The van der Waals surface area contributed by atoms with Crippen LogP contribution in [0.25, 0.3) is 0 Å². The van der Waals surface area contributed by atoms with E-state index in [0.29, 0.717) is 37.3 Å². The monoisotopic (exact) mass is 333 g/mol. The molecule has 2 atom stereocenters. The maximum Gasteiger partial charge on any atom is 0.307 e. The molecule has 0 unspecified atom stereocenters. The van der Waals surface area contributed by atoms with Crippen LogP contribution in [0.4, 0.5) is 0 Å². The standard InChI is InChI=1S/C18H23NO5/c1-23-15-8-7-12(11-16(15)24-2)9-10-19-17(20)13-5-3-4-6-14(13)18(21)22/h3-4,7-8,11,13-14H,5-6,9-10H2,1-2H3,(H,19,20)(H,21,22)/t13-,14+/m1/s1. The van der Waals surface area contributed by atoms with Crippen LogP contribution in [0.5, 0.6) is 11.5 Å². The molecule has 2 rings (SSSR count). The third-order valence-corrected chi connectivity index (χ3v) is 4.25. The molecule has 0 fully saturated rings. The van der Waals surface area contributed by atoms with Gasteiger partial charge in [0, 0.05) is 6.54 Å². The van der Waals surface area contributed by atoms with Crippen molar-refractivity contribution in [3.05, 3.63) is 35.9 Å². The van der Waals surface area contributed by atoms with Crippen molar-refractivity contribution >= 4 is 11.9 Å². The number of allylic oxidation sites excluding steroid dienone is 2.